The molecule has 0 aromatic carbocycles. The maximum Gasteiger partial charge on any atom is 0.143 e. The van der Waals surface area contributed by atoms with E-state index < -0.39 is 0 Å². The highest BCUT2D eigenvalue weighted by Gasteiger charge is 2.00. The molecule has 0 radical (unpaired) electrons. The lowest BCUT2D eigenvalue weighted by atomic mass is 10.2. The van der Waals surface area contributed by atoms with Gasteiger partial charge in [0, 0.05) is 24.2 Å². The number of aromatic nitrogens is 3. The third-order valence-electron chi connectivity index (χ3n) is 1.78. The molecule has 2 aromatic heterocycles. The molecule has 70 valence electrons. The molecule has 0 bridgehead atoms. The molecule has 3 nitrogen and oxygen atoms in total. The van der Waals surface area contributed by atoms with Crippen molar-refractivity contribution in [1.82, 2.24) is 15.0 Å². The van der Waals surface area contributed by atoms with Gasteiger partial charge in [0.1, 0.15) is 5.82 Å². The standard InChI is InChI=1S/C10H8ClN3/c11-6-10-13-5-3-9(14-10)8-2-1-4-12-7-8/h1-5,7H,6H2. The van der Waals surface area contributed by atoms with E-state index in [9.17, 15) is 0 Å². The van der Waals surface area contributed by atoms with Crippen LogP contribution in [0.4, 0.5) is 0 Å². The first kappa shape index (κ1) is 9.09. The number of alkyl halides is 1. The Morgan fingerprint density at radius 2 is 2.14 bits per heavy atom. The second-order valence-electron chi connectivity index (χ2n) is 2.73. The van der Waals surface area contributed by atoms with Crippen molar-refractivity contribution in [3.8, 4) is 11.3 Å². The van der Waals surface area contributed by atoms with Crippen LogP contribution < -0.4 is 0 Å². The molecule has 0 N–H and O–H groups in total. The highest BCUT2D eigenvalue weighted by atomic mass is 35.5. The van der Waals surface area contributed by atoms with E-state index in [0.29, 0.717) is 11.7 Å². The van der Waals surface area contributed by atoms with E-state index in [1.54, 1.807) is 18.6 Å². The van der Waals surface area contributed by atoms with Crippen LogP contribution in [0, 0.1) is 0 Å². The van der Waals surface area contributed by atoms with Crippen molar-refractivity contribution >= 4 is 11.6 Å². The van der Waals surface area contributed by atoms with Crippen molar-refractivity contribution in [3.63, 3.8) is 0 Å². The Morgan fingerprint density at radius 3 is 2.86 bits per heavy atom. The Balaban J connectivity index is 2.42. The molecule has 0 aliphatic heterocycles. The summed E-state index contributed by atoms with van der Waals surface area (Å²) in [5.41, 5.74) is 1.82. The van der Waals surface area contributed by atoms with Gasteiger partial charge >= 0.3 is 0 Å². The predicted octanol–water partition coefficient (Wildman–Crippen LogP) is 2.28. The molecule has 0 aliphatic carbocycles. The minimum absolute atomic E-state index is 0.327. The minimum atomic E-state index is 0.327. The maximum absolute atomic E-state index is 5.65. The number of hydrogen-bond donors (Lipinski definition) is 0. The summed E-state index contributed by atoms with van der Waals surface area (Å²) in [6, 6.07) is 5.66. The highest BCUT2D eigenvalue weighted by molar-refractivity contribution is 6.16. The molecule has 0 saturated carbocycles. The Bertz CT molecular complexity index is 417. The Morgan fingerprint density at radius 1 is 1.21 bits per heavy atom. The molecule has 0 fully saturated rings. The largest absolute Gasteiger partial charge is 0.264 e. The molecule has 0 saturated heterocycles. The molecule has 2 aromatic rings. The van der Waals surface area contributed by atoms with Crippen LogP contribution in [0.5, 0.6) is 0 Å². The second-order valence-corrected chi connectivity index (χ2v) is 3.00. The maximum atomic E-state index is 5.65. The summed E-state index contributed by atoms with van der Waals surface area (Å²) in [6.45, 7) is 0. The molecule has 2 heterocycles. The lowest BCUT2D eigenvalue weighted by molar-refractivity contribution is 1.03. The monoisotopic (exact) mass is 205 g/mol. The zero-order valence-electron chi connectivity index (χ0n) is 7.39. The Hall–Kier alpha value is -1.48. The van der Waals surface area contributed by atoms with Crippen LogP contribution in [-0.2, 0) is 5.88 Å². The van der Waals surface area contributed by atoms with E-state index in [-0.39, 0.29) is 0 Å². The summed E-state index contributed by atoms with van der Waals surface area (Å²) < 4.78 is 0. The van der Waals surface area contributed by atoms with Crippen molar-refractivity contribution in [1.29, 1.82) is 0 Å². The van der Waals surface area contributed by atoms with Gasteiger partial charge in [0.05, 0.1) is 11.6 Å². The zero-order valence-corrected chi connectivity index (χ0v) is 8.15. The average molecular weight is 206 g/mol. The third-order valence-corrected chi connectivity index (χ3v) is 2.02. The van der Waals surface area contributed by atoms with E-state index in [4.69, 9.17) is 11.6 Å². The molecule has 2 rings (SSSR count). The molecule has 0 unspecified atom stereocenters. The summed E-state index contributed by atoms with van der Waals surface area (Å²) in [7, 11) is 0. The van der Waals surface area contributed by atoms with Crippen LogP contribution in [0.25, 0.3) is 11.3 Å². The summed E-state index contributed by atoms with van der Waals surface area (Å²) >= 11 is 5.65. The number of rotatable bonds is 2. The average Bonchev–Trinajstić information content (AvgIpc) is 2.30. The van der Waals surface area contributed by atoms with Gasteiger partial charge < -0.3 is 0 Å². The van der Waals surface area contributed by atoms with E-state index >= 15 is 0 Å². The van der Waals surface area contributed by atoms with Gasteiger partial charge in [0.2, 0.25) is 0 Å². The van der Waals surface area contributed by atoms with E-state index in [0.717, 1.165) is 11.3 Å². The summed E-state index contributed by atoms with van der Waals surface area (Å²) in [5, 5.41) is 0. The van der Waals surface area contributed by atoms with Crippen LogP contribution in [0.15, 0.2) is 36.8 Å². The summed E-state index contributed by atoms with van der Waals surface area (Å²) in [6.07, 6.45) is 5.19. The Labute approximate surface area is 86.8 Å². The van der Waals surface area contributed by atoms with Gasteiger partial charge in [0.15, 0.2) is 0 Å². The molecular formula is C10H8ClN3. The van der Waals surface area contributed by atoms with Gasteiger partial charge in [-0.3, -0.25) is 4.98 Å². The zero-order chi connectivity index (χ0) is 9.80. The lowest BCUT2D eigenvalue weighted by Gasteiger charge is -2.00. The topological polar surface area (TPSA) is 38.7 Å². The van der Waals surface area contributed by atoms with Gasteiger partial charge in [0.25, 0.3) is 0 Å². The van der Waals surface area contributed by atoms with Crippen LogP contribution in [-0.4, -0.2) is 15.0 Å². The SMILES string of the molecule is ClCc1nccc(-c2cccnc2)n1. The quantitative estimate of drug-likeness (QED) is 0.706. The van der Waals surface area contributed by atoms with E-state index in [2.05, 4.69) is 15.0 Å². The Kier molecular flexibility index (Phi) is 2.70. The smallest absolute Gasteiger partial charge is 0.143 e. The van der Waals surface area contributed by atoms with Crippen molar-refractivity contribution < 1.29 is 0 Å². The van der Waals surface area contributed by atoms with Crippen molar-refractivity contribution in [2.24, 2.45) is 0 Å². The van der Waals surface area contributed by atoms with Crippen molar-refractivity contribution in [3.05, 3.63) is 42.6 Å². The number of pyridine rings is 1. The molecule has 0 atom stereocenters. The van der Waals surface area contributed by atoms with Crippen LogP contribution in [0.1, 0.15) is 5.82 Å². The number of halogens is 1. The van der Waals surface area contributed by atoms with Crippen LogP contribution in [0.2, 0.25) is 0 Å². The molecule has 14 heavy (non-hydrogen) atoms. The predicted molar refractivity (Wildman–Crippen MR) is 54.8 cm³/mol. The van der Waals surface area contributed by atoms with Gasteiger partial charge in [-0.2, -0.15) is 0 Å². The molecular weight excluding hydrogens is 198 g/mol. The van der Waals surface area contributed by atoms with E-state index in [1.165, 1.54) is 0 Å². The first-order chi connectivity index (χ1) is 6.90. The summed E-state index contributed by atoms with van der Waals surface area (Å²) in [4.78, 5) is 12.3. The van der Waals surface area contributed by atoms with Crippen molar-refractivity contribution in [2.75, 3.05) is 0 Å². The second kappa shape index (κ2) is 4.15. The van der Waals surface area contributed by atoms with Gasteiger partial charge in [-0.05, 0) is 18.2 Å². The van der Waals surface area contributed by atoms with Gasteiger partial charge in [-0.1, -0.05) is 0 Å². The fourth-order valence-electron chi connectivity index (χ4n) is 1.14. The summed E-state index contributed by atoms with van der Waals surface area (Å²) in [5.74, 6) is 0.960. The fraction of sp³-hybridized carbons (Fsp3) is 0.100. The van der Waals surface area contributed by atoms with Crippen LogP contribution in [0.3, 0.4) is 0 Å². The molecule has 0 amide bonds. The van der Waals surface area contributed by atoms with Crippen molar-refractivity contribution in [2.45, 2.75) is 5.88 Å². The molecule has 4 heteroatoms. The number of hydrogen-bond acceptors (Lipinski definition) is 3. The first-order valence-corrected chi connectivity index (χ1v) is 4.72. The molecule has 0 spiro atoms. The van der Waals surface area contributed by atoms with Gasteiger partial charge in [-0.15, -0.1) is 11.6 Å². The minimum Gasteiger partial charge on any atom is -0.264 e. The first-order valence-electron chi connectivity index (χ1n) is 4.18. The number of nitrogens with zero attached hydrogens (tertiary/aromatic N) is 3. The third kappa shape index (κ3) is 1.88. The molecule has 0 aliphatic rings. The lowest BCUT2D eigenvalue weighted by Crippen LogP contribution is -1.92. The fourth-order valence-corrected chi connectivity index (χ4v) is 1.27. The van der Waals surface area contributed by atoms with Crippen LogP contribution >= 0.6 is 11.6 Å². The normalized spacial score (nSPS) is 10.1. The van der Waals surface area contributed by atoms with Gasteiger partial charge in [-0.25, -0.2) is 9.97 Å². The highest BCUT2D eigenvalue weighted by Crippen LogP contribution is 2.14. The van der Waals surface area contributed by atoms with E-state index in [1.807, 2.05) is 18.2 Å².